The first-order valence-corrected chi connectivity index (χ1v) is 17.3. The van der Waals surface area contributed by atoms with E-state index in [-0.39, 0.29) is 0 Å². The lowest BCUT2D eigenvalue weighted by molar-refractivity contribution is 0.265. The quantitative estimate of drug-likeness (QED) is 0.379. The molecule has 25 heavy (non-hydrogen) atoms. The second-order valence-corrected chi connectivity index (χ2v) is 20.3. The lowest BCUT2D eigenvalue weighted by Crippen LogP contribution is -2.32. The molecule has 0 spiro atoms. The second-order valence-electron chi connectivity index (χ2n) is 9.24. The maximum atomic E-state index is 4.15. The average Bonchev–Trinajstić information content (AvgIpc) is 3.07. The van der Waals surface area contributed by atoms with E-state index in [9.17, 15) is 0 Å². The zero-order valence-corrected chi connectivity index (χ0v) is 19.9. The third kappa shape index (κ3) is 10.4. The Morgan fingerprint density at radius 2 is 1.36 bits per heavy atom. The zero-order valence-electron chi connectivity index (χ0n) is 17.9. The third-order valence-corrected chi connectivity index (χ3v) is 13.3. The Labute approximate surface area is 159 Å². The smallest absolute Gasteiger partial charge is 0.0945 e. The van der Waals surface area contributed by atoms with Crippen molar-refractivity contribution in [2.24, 2.45) is 0 Å². The van der Waals surface area contributed by atoms with Crippen LogP contribution >= 0.6 is 0 Å². The van der Waals surface area contributed by atoms with Crippen LogP contribution in [0.3, 0.4) is 0 Å². The number of imidazole rings is 1. The Hall–Kier alpha value is -0.396. The SMILES string of the molecule is CC[Si](C)(C)CCCN(CCCn1ccnc1)CCC[Si](C)(C)CC. The molecule has 0 unspecified atom stereocenters. The first-order valence-electron chi connectivity index (χ1n) is 10.5. The van der Waals surface area contributed by atoms with Crippen molar-refractivity contribution in [3.05, 3.63) is 18.7 Å². The van der Waals surface area contributed by atoms with Gasteiger partial charge in [0.25, 0.3) is 0 Å². The van der Waals surface area contributed by atoms with Crippen LogP contribution < -0.4 is 0 Å². The minimum absolute atomic E-state index is 0.918. The van der Waals surface area contributed by atoms with E-state index < -0.39 is 16.1 Å². The van der Waals surface area contributed by atoms with E-state index in [1.165, 1.54) is 63.1 Å². The molecule has 0 saturated carbocycles. The summed E-state index contributed by atoms with van der Waals surface area (Å²) in [6, 6.07) is 5.81. The molecule has 1 rings (SSSR count). The van der Waals surface area contributed by atoms with Crippen molar-refractivity contribution < 1.29 is 0 Å². The largest absolute Gasteiger partial charge is 0.337 e. The molecule has 0 aliphatic rings. The van der Waals surface area contributed by atoms with Crippen molar-refractivity contribution in [1.82, 2.24) is 14.5 Å². The molecule has 1 heterocycles. The van der Waals surface area contributed by atoms with E-state index in [4.69, 9.17) is 0 Å². The van der Waals surface area contributed by atoms with Gasteiger partial charge >= 0.3 is 0 Å². The fourth-order valence-corrected chi connectivity index (χ4v) is 6.08. The fourth-order valence-electron chi connectivity index (χ4n) is 3.15. The molecule has 146 valence electrons. The van der Waals surface area contributed by atoms with Gasteiger partial charge in [-0.1, -0.05) is 64.2 Å². The van der Waals surface area contributed by atoms with Crippen molar-refractivity contribution in [1.29, 1.82) is 0 Å². The van der Waals surface area contributed by atoms with E-state index in [1.54, 1.807) is 0 Å². The van der Waals surface area contributed by atoms with Crippen molar-refractivity contribution in [2.45, 2.75) is 90.0 Å². The lowest BCUT2D eigenvalue weighted by atomic mass is 10.3. The molecule has 0 saturated heterocycles. The molecule has 0 aromatic carbocycles. The van der Waals surface area contributed by atoms with Gasteiger partial charge in [0.1, 0.15) is 0 Å². The summed E-state index contributed by atoms with van der Waals surface area (Å²) in [6.07, 6.45) is 9.93. The molecule has 5 heteroatoms. The highest BCUT2D eigenvalue weighted by atomic mass is 28.3. The first kappa shape index (κ1) is 22.6. The van der Waals surface area contributed by atoms with E-state index in [2.05, 4.69) is 60.7 Å². The van der Waals surface area contributed by atoms with Crippen LogP contribution in [0.1, 0.15) is 33.1 Å². The molecule has 1 aromatic rings. The minimum atomic E-state index is -0.918. The van der Waals surface area contributed by atoms with Crippen molar-refractivity contribution >= 4 is 16.1 Å². The van der Waals surface area contributed by atoms with Gasteiger partial charge in [-0.15, -0.1) is 0 Å². The van der Waals surface area contributed by atoms with Crippen LogP contribution in [0, 0.1) is 0 Å². The number of rotatable bonds is 14. The molecule has 3 nitrogen and oxygen atoms in total. The summed E-state index contributed by atoms with van der Waals surface area (Å²) in [7, 11) is -1.84. The average molecular weight is 382 g/mol. The summed E-state index contributed by atoms with van der Waals surface area (Å²) in [5.41, 5.74) is 0. The molecule has 0 aliphatic carbocycles. The summed E-state index contributed by atoms with van der Waals surface area (Å²) in [5.74, 6) is 0. The Balaban J connectivity index is 2.39. The predicted molar refractivity (Wildman–Crippen MR) is 118 cm³/mol. The van der Waals surface area contributed by atoms with Gasteiger partial charge < -0.3 is 9.47 Å². The minimum Gasteiger partial charge on any atom is -0.337 e. The number of aromatic nitrogens is 2. The Bertz CT molecular complexity index is 422. The monoisotopic (exact) mass is 381 g/mol. The molecule has 0 radical (unpaired) electrons. The molecular weight excluding hydrogens is 338 g/mol. The first-order chi connectivity index (χ1) is 11.8. The molecule has 0 fully saturated rings. The van der Waals surface area contributed by atoms with Crippen LogP contribution in [-0.4, -0.2) is 50.2 Å². The van der Waals surface area contributed by atoms with Gasteiger partial charge in [0, 0.05) is 35.1 Å². The fraction of sp³-hybridized carbons (Fsp3) is 0.850. The van der Waals surface area contributed by atoms with Gasteiger partial charge in [0.05, 0.1) is 6.33 Å². The number of hydrogen-bond donors (Lipinski definition) is 0. The number of aryl methyl sites for hydroxylation is 1. The van der Waals surface area contributed by atoms with E-state index in [1.807, 2.05) is 12.5 Å². The van der Waals surface area contributed by atoms with Crippen LogP contribution in [0.4, 0.5) is 0 Å². The standard InChI is InChI=1S/C20H43N3Si2/c1-7-24(3,4)18-10-15-22(16-11-19-25(5,6)8-2)13-9-14-23-17-12-21-20-23/h12,17,20H,7-11,13-16,18-19H2,1-6H3. The number of hydrogen-bond acceptors (Lipinski definition) is 2. The molecular formula is C20H43N3Si2. The van der Waals surface area contributed by atoms with Gasteiger partial charge in [-0.3, -0.25) is 0 Å². The molecule has 0 aliphatic heterocycles. The molecule has 1 aromatic heterocycles. The number of nitrogens with zero attached hydrogens (tertiary/aromatic N) is 3. The van der Waals surface area contributed by atoms with Gasteiger partial charge in [-0.2, -0.15) is 0 Å². The van der Waals surface area contributed by atoms with Crippen LogP contribution in [0.2, 0.25) is 50.4 Å². The molecule has 0 atom stereocenters. The van der Waals surface area contributed by atoms with Crippen LogP contribution in [0.5, 0.6) is 0 Å². The summed E-state index contributed by atoms with van der Waals surface area (Å²) in [4.78, 5) is 6.90. The Kier molecular flexibility index (Phi) is 10.3. The maximum absolute atomic E-state index is 4.15. The summed E-state index contributed by atoms with van der Waals surface area (Å²) in [6.45, 7) is 19.9. The van der Waals surface area contributed by atoms with Crippen molar-refractivity contribution in [2.75, 3.05) is 19.6 Å². The normalized spacial score (nSPS) is 12.9. The summed E-state index contributed by atoms with van der Waals surface area (Å²) in [5, 5.41) is 0. The molecule has 0 bridgehead atoms. The Morgan fingerprint density at radius 3 is 1.80 bits per heavy atom. The zero-order chi connectivity index (χ0) is 18.8. The van der Waals surface area contributed by atoms with Gasteiger partial charge in [0.2, 0.25) is 0 Å². The highest BCUT2D eigenvalue weighted by Crippen LogP contribution is 2.19. The van der Waals surface area contributed by atoms with Gasteiger partial charge in [-0.25, -0.2) is 4.98 Å². The highest BCUT2D eigenvalue weighted by molar-refractivity contribution is 6.77. The van der Waals surface area contributed by atoms with Crippen LogP contribution in [0.15, 0.2) is 18.7 Å². The van der Waals surface area contributed by atoms with Crippen LogP contribution in [0.25, 0.3) is 0 Å². The van der Waals surface area contributed by atoms with Crippen molar-refractivity contribution in [3.8, 4) is 0 Å². The van der Waals surface area contributed by atoms with E-state index >= 15 is 0 Å². The van der Waals surface area contributed by atoms with E-state index in [0.29, 0.717) is 0 Å². The van der Waals surface area contributed by atoms with Crippen LogP contribution in [-0.2, 0) is 6.54 Å². The predicted octanol–water partition coefficient (Wildman–Crippen LogP) is 5.81. The molecule has 0 amide bonds. The highest BCUT2D eigenvalue weighted by Gasteiger charge is 2.19. The topological polar surface area (TPSA) is 21.1 Å². The van der Waals surface area contributed by atoms with Gasteiger partial charge in [0.15, 0.2) is 0 Å². The van der Waals surface area contributed by atoms with Gasteiger partial charge in [-0.05, 0) is 38.9 Å². The maximum Gasteiger partial charge on any atom is 0.0945 e. The molecule has 0 N–H and O–H groups in total. The van der Waals surface area contributed by atoms with E-state index in [0.717, 1.165) is 6.54 Å². The summed E-state index contributed by atoms with van der Waals surface area (Å²) < 4.78 is 2.21. The second kappa shape index (κ2) is 11.3. The van der Waals surface area contributed by atoms with Crippen molar-refractivity contribution in [3.63, 3.8) is 0 Å². The summed E-state index contributed by atoms with van der Waals surface area (Å²) >= 11 is 0. The third-order valence-electron chi connectivity index (χ3n) is 6.02. The lowest BCUT2D eigenvalue weighted by Gasteiger charge is -2.27. The Morgan fingerprint density at radius 1 is 0.840 bits per heavy atom.